The Morgan fingerprint density at radius 1 is 0.923 bits per heavy atom. The van der Waals surface area contributed by atoms with Crippen LogP contribution in [0.5, 0.6) is 0 Å². The normalized spacial score (nSPS) is 11.8. The van der Waals surface area contributed by atoms with Crippen molar-refractivity contribution in [3.05, 3.63) is 24.3 Å². The van der Waals surface area contributed by atoms with Gasteiger partial charge < -0.3 is 5.11 Å². The first-order valence-electron chi connectivity index (χ1n) is 5.30. The number of hydrogen-bond acceptors (Lipinski definition) is 1. The van der Waals surface area contributed by atoms with E-state index < -0.39 is 0 Å². The van der Waals surface area contributed by atoms with Gasteiger partial charge in [0.05, 0.1) is 0 Å². The number of aliphatic hydroxyl groups excluding tert-OH is 1. The number of allylic oxidation sites excluding steroid dienone is 4. The average Bonchev–Trinajstić information content (AvgIpc) is 2.16. The minimum Gasteiger partial charge on any atom is -0.396 e. The van der Waals surface area contributed by atoms with E-state index in [9.17, 15) is 0 Å². The summed E-state index contributed by atoms with van der Waals surface area (Å²) in [7, 11) is 0. The Balaban J connectivity index is 2.99. The second-order valence-electron chi connectivity index (χ2n) is 3.23. The van der Waals surface area contributed by atoms with Crippen molar-refractivity contribution >= 4 is 0 Å². The number of unbranched alkanes of at least 4 members (excludes halogenated alkanes) is 5. The summed E-state index contributed by atoms with van der Waals surface area (Å²) >= 11 is 0. The van der Waals surface area contributed by atoms with Gasteiger partial charge in [0.25, 0.3) is 0 Å². The van der Waals surface area contributed by atoms with Crippen molar-refractivity contribution in [1.82, 2.24) is 0 Å². The minimum absolute atomic E-state index is 0.348. The van der Waals surface area contributed by atoms with E-state index in [4.69, 9.17) is 5.11 Å². The lowest BCUT2D eigenvalue weighted by Gasteiger charge is -1.96. The third-order valence-corrected chi connectivity index (χ3v) is 1.97. The molecule has 0 saturated carbocycles. The molecule has 0 radical (unpaired) electrons. The summed E-state index contributed by atoms with van der Waals surface area (Å²) in [6, 6.07) is 0. The Labute approximate surface area is 82.2 Å². The highest BCUT2D eigenvalue weighted by Crippen LogP contribution is 2.05. The first kappa shape index (κ1) is 12.4. The van der Waals surface area contributed by atoms with Crippen LogP contribution in [0.2, 0.25) is 0 Å². The predicted molar refractivity (Wildman–Crippen MR) is 58.7 cm³/mol. The van der Waals surface area contributed by atoms with Crippen molar-refractivity contribution in [2.24, 2.45) is 0 Å². The standard InChI is InChI=1S/C12H22O/c1-2-3-4-5-6-7-8-9-10-11-12-13/h2-5,13H,6-12H2,1H3/b3-2+,5-4+. The smallest absolute Gasteiger partial charge is 0.0431 e. The molecule has 1 heteroatoms. The number of aliphatic hydroxyl groups is 1. The summed E-state index contributed by atoms with van der Waals surface area (Å²) in [6.07, 6.45) is 15.6. The summed E-state index contributed by atoms with van der Waals surface area (Å²) in [5, 5.41) is 8.55. The Kier molecular flexibility index (Phi) is 10.9. The molecule has 0 heterocycles. The van der Waals surface area contributed by atoms with Crippen LogP contribution in [-0.2, 0) is 0 Å². The van der Waals surface area contributed by atoms with Gasteiger partial charge in [-0.2, -0.15) is 0 Å². The van der Waals surface area contributed by atoms with Crippen LogP contribution in [0.25, 0.3) is 0 Å². The van der Waals surface area contributed by atoms with Gasteiger partial charge in [-0.1, -0.05) is 43.6 Å². The summed E-state index contributed by atoms with van der Waals surface area (Å²) in [5.74, 6) is 0. The first-order valence-corrected chi connectivity index (χ1v) is 5.30. The molecule has 0 aromatic heterocycles. The zero-order chi connectivity index (χ0) is 9.78. The number of rotatable bonds is 8. The van der Waals surface area contributed by atoms with Gasteiger partial charge in [-0.25, -0.2) is 0 Å². The van der Waals surface area contributed by atoms with Gasteiger partial charge in [0.15, 0.2) is 0 Å². The molecule has 1 N–H and O–H groups in total. The van der Waals surface area contributed by atoms with Crippen molar-refractivity contribution in [3.8, 4) is 0 Å². The van der Waals surface area contributed by atoms with Crippen LogP contribution in [0.1, 0.15) is 45.4 Å². The summed E-state index contributed by atoms with van der Waals surface area (Å²) in [4.78, 5) is 0. The van der Waals surface area contributed by atoms with E-state index in [1.807, 2.05) is 13.0 Å². The zero-order valence-corrected chi connectivity index (χ0v) is 8.71. The molecule has 0 atom stereocenters. The molecule has 0 aliphatic rings. The molecule has 0 aromatic rings. The van der Waals surface area contributed by atoms with Crippen LogP contribution in [0.3, 0.4) is 0 Å². The molecule has 0 fully saturated rings. The van der Waals surface area contributed by atoms with Crippen LogP contribution in [-0.4, -0.2) is 11.7 Å². The molecule has 0 spiro atoms. The second-order valence-corrected chi connectivity index (χ2v) is 3.23. The molecule has 0 saturated heterocycles. The van der Waals surface area contributed by atoms with Gasteiger partial charge in [0, 0.05) is 6.61 Å². The van der Waals surface area contributed by atoms with Crippen LogP contribution < -0.4 is 0 Å². The van der Waals surface area contributed by atoms with Gasteiger partial charge >= 0.3 is 0 Å². The Hall–Kier alpha value is -0.560. The molecule has 76 valence electrons. The monoisotopic (exact) mass is 182 g/mol. The second kappa shape index (κ2) is 11.4. The fourth-order valence-corrected chi connectivity index (χ4v) is 1.19. The van der Waals surface area contributed by atoms with Crippen LogP contribution in [0.15, 0.2) is 24.3 Å². The van der Waals surface area contributed by atoms with Crippen molar-refractivity contribution in [3.63, 3.8) is 0 Å². The Morgan fingerprint density at radius 3 is 2.31 bits per heavy atom. The van der Waals surface area contributed by atoms with Crippen LogP contribution >= 0.6 is 0 Å². The van der Waals surface area contributed by atoms with Crippen molar-refractivity contribution < 1.29 is 5.11 Å². The van der Waals surface area contributed by atoms with E-state index >= 15 is 0 Å². The molecular formula is C12H22O. The summed E-state index contributed by atoms with van der Waals surface area (Å²) in [5.41, 5.74) is 0. The SMILES string of the molecule is C/C=C/C=C/CCCCCCCO. The third-order valence-electron chi connectivity index (χ3n) is 1.97. The molecule has 0 aromatic carbocycles. The van der Waals surface area contributed by atoms with E-state index in [-0.39, 0.29) is 0 Å². The van der Waals surface area contributed by atoms with Gasteiger partial charge in [0.2, 0.25) is 0 Å². The van der Waals surface area contributed by atoms with Crippen LogP contribution in [0.4, 0.5) is 0 Å². The fourth-order valence-electron chi connectivity index (χ4n) is 1.19. The lowest BCUT2D eigenvalue weighted by atomic mass is 10.1. The van der Waals surface area contributed by atoms with Crippen molar-refractivity contribution in [2.75, 3.05) is 6.61 Å². The number of hydrogen-bond donors (Lipinski definition) is 1. The maximum atomic E-state index is 8.55. The molecule has 0 rings (SSSR count). The fraction of sp³-hybridized carbons (Fsp3) is 0.667. The first-order chi connectivity index (χ1) is 6.41. The maximum absolute atomic E-state index is 8.55. The highest BCUT2D eigenvalue weighted by atomic mass is 16.2. The molecule has 1 nitrogen and oxygen atoms in total. The maximum Gasteiger partial charge on any atom is 0.0431 e. The molecule has 0 aliphatic carbocycles. The summed E-state index contributed by atoms with van der Waals surface area (Å²) in [6.45, 7) is 2.38. The van der Waals surface area contributed by atoms with E-state index in [1.165, 1.54) is 32.1 Å². The predicted octanol–water partition coefficient (Wildman–Crippen LogP) is 3.45. The largest absolute Gasteiger partial charge is 0.396 e. The van der Waals surface area contributed by atoms with Crippen molar-refractivity contribution in [2.45, 2.75) is 45.4 Å². The molecule has 0 amide bonds. The highest BCUT2D eigenvalue weighted by molar-refractivity contribution is 5.00. The molecule has 0 bridgehead atoms. The van der Waals surface area contributed by atoms with Crippen LogP contribution in [0, 0.1) is 0 Å². The Bertz CT molecular complexity index is 136. The zero-order valence-electron chi connectivity index (χ0n) is 8.71. The molecule has 0 unspecified atom stereocenters. The topological polar surface area (TPSA) is 20.2 Å². The quantitative estimate of drug-likeness (QED) is 0.450. The van der Waals surface area contributed by atoms with Gasteiger partial charge in [0.1, 0.15) is 0 Å². The lowest BCUT2D eigenvalue weighted by molar-refractivity contribution is 0.282. The third kappa shape index (κ3) is 11.4. The average molecular weight is 182 g/mol. The molecule has 0 aliphatic heterocycles. The van der Waals surface area contributed by atoms with E-state index in [0.717, 1.165) is 6.42 Å². The van der Waals surface area contributed by atoms with Gasteiger partial charge in [-0.05, 0) is 26.2 Å². The van der Waals surface area contributed by atoms with E-state index in [2.05, 4.69) is 18.2 Å². The van der Waals surface area contributed by atoms with Crippen molar-refractivity contribution in [1.29, 1.82) is 0 Å². The Morgan fingerprint density at radius 2 is 1.62 bits per heavy atom. The van der Waals surface area contributed by atoms with E-state index in [0.29, 0.717) is 6.61 Å². The highest BCUT2D eigenvalue weighted by Gasteiger charge is 1.87. The summed E-state index contributed by atoms with van der Waals surface area (Å²) < 4.78 is 0. The van der Waals surface area contributed by atoms with Gasteiger partial charge in [-0.15, -0.1) is 0 Å². The van der Waals surface area contributed by atoms with Gasteiger partial charge in [-0.3, -0.25) is 0 Å². The molecule has 13 heavy (non-hydrogen) atoms. The lowest BCUT2D eigenvalue weighted by Crippen LogP contribution is -1.82. The minimum atomic E-state index is 0.348. The van der Waals surface area contributed by atoms with E-state index in [1.54, 1.807) is 0 Å². The molecular weight excluding hydrogens is 160 g/mol.